The van der Waals surface area contributed by atoms with Gasteiger partial charge in [-0.25, -0.2) is 0 Å². The van der Waals surface area contributed by atoms with Crippen molar-refractivity contribution < 1.29 is 0 Å². The van der Waals surface area contributed by atoms with Crippen LogP contribution in [-0.2, 0) is 0 Å². The van der Waals surface area contributed by atoms with Crippen LogP contribution < -0.4 is 10.2 Å². The highest BCUT2D eigenvalue weighted by Gasteiger charge is 2.20. The molecule has 1 fully saturated rings. The monoisotopic (exact) mass is 289 g/mol. The predicted molar refractivity (Wildman–Crippen MR) is 83.3 cm³/mol. The first-order valence-corrected chi connectivity index (χ1v) is 8.04. The first-order valence-electron chi connectivity index (χ1n) is 6.82. The molecule has 1 unspecified atom stereocenters. The summed E-state index contributed by atoms with van der Waals surface area (Å²) in [7, 11) is 0. The number of aromatic amines is 1. The zero-order valence-electron chi connectivity index (χ0n) is 11.8. The van der Waals surface area contributed by atoms with Gasteiger partial charge in [-0.2, -0.15) is 4.98 Å². The Labute approximate surface area is 123 Å². The molecule has 1 aliphatic heterocycles. The van der Waals surface area contributed by atoms with Gasteiger partial charge in [0, 0.05) is 36.1 Å². The molecule has 2 N–H and O–H groups in total. The molecule has 1 atom stereocenters. The Bertz CT molecular complexity index is 582. The van der Waals surface area contributed by atoms with Crippen LogP contribution in [0, 0.1) is 0 Å². The number of hydrogen-bond acceptors (Lipinski definition) is 5. The molecule has 0 saturated carbocycles. The van der Waals surface area contributed by atoms with Crippen molar-refractivity contribution in [2.75, 3.05) is 30.8 Å². The number of piperazine rings is 1. The maximum absolute atomic E-state index is 4.67. The van der Waals surface area contributed by atoms with Gasteiger partial charge in [0.05, 0.1) is 0 Å². The van der Waals surface area contributed by atoms with Gasteiger partial charge in [0.25, 0.3) is 0 Å². The standard InChI is InChI=1S/C14H19N5S/c1-10-9-19(8-7-15-10)14-16-13(17-18-14)11-5-3-4-6-12(11)20-2/h3-6,10,15H,7-9H2,1-2H3,(H,16,17,18). The summed E-state index contributed by atoms with van der Waals surface area (Å²) in [5.74, 6) is 1.64. The third-order valence-electron chi connectivity index (χ3n) is 3.49. The number of hydrogen-bond donors (Lipinski definition) is 2. The van der Waals surface area contributed by atoms with Gasteiger partial charge in [-0.1, -0.05) is 18.2 Å². The van der Waals surface area contributed by atoms with Crippen molar-refractivity contribution in [1.29, 1.82) is 0 Å². The highest BCUT2D eigenvalue weighted by Crippen LogP contribution is 2.28. The molecule has 2 aromatic rings. The van der Waals surface area contributed by atoms with E-state index in [1.165, 1.54) is 4.90 Å². The van der Waals surface area contributed by atoms with Gasteiger partial charge in [-0.15, -0.1) is 16.9 Å². The SMILES string of the molecule is CSc1ccccc1-c1nc(N2CCNC(C)C2)n[nH]1. The first kappa shape index (κ1) is 13.5. The topological polar surface area (TPSA) is 56.8 Å². The molecule has 2 heterocycles. The summed E-state index contributed by atoms with van der Waals surface area (Å²) in [6, 6.07) is 8.74. The zero-order chi connectivity index (χ0) is 13.9. The molecule has 0 spiro atoms. The third-order valence-corrected chi connectivity index (χ3v) is 4.28. The number of nitrogens with one attached hydrogen (secondary N) is 2. The number of nitrogens with zero attached hydrogens (tertiary/aromatic N) is 3. The Balaban J connectivity index is 1.86. The van der Waals surface area contributed by atoms with Crippen molar-refractivity contribution in [3.63, 3.8) is 0 Å². The molecule has 0 bridgehead atoms. The summed E-state index contributed by atoms with van der Waals surface area (Å²) in [6.45, 7) is 5.06. The molecule has 1 aromatic carbocycles. The van der Waals surface area contributed by atoms with Crippen LogP contribution >= 0.6 is 11.8 Å². The Morgan fingerprint density at radius 1 is 1.35 bits per heavy atom. The number of rotatable bonds is 3. The van der Waals surface area contributed by atoms with Gasteiger partial charge in [-0.3, -0.25) is 5.10 Å². The van der Waals surface area contributed by atoms with Crippen LogP contribution in [0.4, 0.5) is 5.95 Å². The van der Waals surface area contributed by atoms with Crippen LogP contribution in [0.1, 0.15) is 6.92 Å². The van der Waals surface area contributed by atoms with E-state index in [0.717, 1.165) is 37.0 Å². The lowest BCUT2D eigenvalue weighted by Gasteiger charge is -2.30. The van der Waals surface area contributed by atoms with Crippen LogP contribution in [-0.4, -0.2) is 47.1 Å². The quantitative estimate of drug-likeness (QED) is 0.846. The first-order chi connectivity index (χ1) is 9.78. The fourth-order valence-electron chi connectivity index (χ4n) is 2.47. The maximum atomic E-state index is 4.67. The van der Waals surface area contributed by atoms with Crippen LogP contribution in [0.2, 0.25) is 0 Å². The van der Waals surface area contributed by atoms with Gasteiger partial charge < -0.3 is 10.2 Å². The highest BCUT2D eigenvalue weighted by atomic mass is 32.2. The average Bonchev–Trinajstić information content (AvgIpc) is 2.97. The molecule has 1 aromatic heterocycles. The molecular formula is C14H19N5S. The van der Waals surface area contributed by atoms with E-state index in [1.807, 2.05) is 12.1 Å². The molecule has 3 rings (SSSR count). The number of benzene rings is 1. The zero-order valence-corrected chi connectivity index (χ0v) is 12.6. The van der Waals surface area contributed by atoms with Gasteiger partial charge in [0.15, 0.2) is 5.82 Å². The Hall–Kier alpha value is -1.53. The van der Waals surface area contributed by atoms with E-state index in [4.69, 9.17) is 0 Å². The summed E-state index contributed by atoms with van der Waals surface area (Å²) in [5.41, 5.74) is 1.11. The predicted octanol–water partition coefficient (Wildman–Crippen LogP) is 1.99. The highest BCUT2D eigenvalue weighted by molar-refractivity contribution is 7.98. The van der Waals surface area contributed by atoms with E-state index >= 15 is 0 Å². The second-order valence-electron chi connectivity index (χ2n) is 4.99. The number of anilines is 1. The fourth-order valence-corrected chi connectivity index (χ4v) is 3.07. The summed E-state index contributed by atoms with van der Waals surface area (Å²) in [6.07, 6.45) is 2.08. The van der Waals surface area contributed by atoms with E-state index in [9.17, 15) is 0 Å². The number of H-pyrrole nitrogens is 1. The summed E-state index contributed by atoms with van der Waals surface area (Å²) in [4.78, 5) is 8.10. The molecule has 20 heavy (non-hydrogen) atoms. The lowest BCUT2D eigenvalue weighted by atomic mass is 10.2. The summed E-state index contributed by atoms with van der Waals surface area (Å²) in [5, 5.41) is 10.9. The molecular weight excluding hydrogens is 270 g/mol. The minimum absolute atomic E-state index is 0.476. The Morgan fingerprint density at radius 2 is 2.20 bits per heavy atom. The normalized spacial score (nSPS) is 19.3. The molecule has 0 amide bonds. The number of aromatic nitrogens is 3. The molecule has 1 aliphatic rings. The smallest absolute Gasteiger partial charge is 0.245 e. The maximum Gasteiger partial charge on any atom is 0.245 e. The van der Waals surface area contributed by atoms with Crippen LogP contribution in [0.3, 0.4) is 0 Å². The van der Waals surface area contributed by atoms with Crippen molar-refractivity contribution in [2.24, 2.45) is 0 Å². The van der Waals surface area contributed by atoms with Gasteiger partial charge in [0.1, 0.15) is 0 Å². The van der Waals surface area contributed by atoms with Crippen molar-refractivity contribution >= 4 is 17.7 Å². The minimum Gasteiger partial charge on any atom is -0.337 e. The van der Waals surface area contributed by atoms with Gasteiger partial charge in [0.2, 0.25) is 5.95 Å². The summed E-state index contributed by atoms with van der Waals surface area (Å²) < 4.78 is 0. The molecule has 6 heteroatoms. The van der Waals surface area contributed by atoms with Crippen molar-refractivity contribution in [3.05, 3.63) is 24.3 Å². The van der Waals surface area contributed by atoms with E-state index in [0.29, 0.717) is 6.04 Å². The van der Waals surface area contributed by atoms with Crippen molar-refractivity contribution in [1.82, 2.24) is 20.5 Å². The van der Waals surface area contributed by atoms with Crippen molar-refractivity contribution in [2.45, 2.75) is 17.9 Å². The van der Waals surface area contributed by atoms with Crippen LogP contribution in [0.5, 0.6) is 0 Å². The Kier molecular flexibility index (Phi) is 3.93. The van der Waals surface area contributed by atoms with E-state index in [1.54, 1.807) is 11.8 Å². The lowest BCUT2D eigenvalue weighted by Crippen LogP contribution is -2.49. The number of thioether (sulfide) groups is 1. The fraction of sp³-hybridized carbons (Fsp3) is 0.429. The molecule has 106 valence electrons. The molecule has 5 nitrogen and oxygen atoms in total. The van der Waals surface area contributed by atoms with Crippen molar-refractivity contribution in [3.8, 4) is 11.4 Å². The average molecular weight is 289 g/mol. The lowest BCUT2D eigenvalue weighted by molar-refractivity contribution is 0.480. The van der Waals surface area contributed by atoms with E-state index in [-0.39, 0.29) is 0 Å². The van der Waals surface area contributed by atoms with E-state index < -0.39 is 0 Å². The second-order valence-corrected chi connectivity index (χ2v) is 5.83. The molecule has 0 radical (unpaired) electrons. The van der Waals surface area contributed by atoms with E-state index in [2.05, 4.69) is 50.7 Å². The minimum atomic E-state index is 0.476. The largest absolute Gasteiger partial charge is 0.337 e. The Morgan fingerprint density at radius 3 is 3.00 bits per heavy atom. The molecule has 0 aliphatic carbocycles. The van der Waals surface area contributed by atoms with Gasteiger partial charge >= 0.3 is 0 Å². The molecule has 1 saturated heterocycles. The third kappa shape index (κ3) is 2.66. The van der Waals surface area contributed by atoms with Crippen LogP contribution in [0.15, 0.2) is 29.2 Å². The summed E-state index contributed by atoms with van der Waals surface area (Å²) >= 11 is 1.72. The van der Waals surface area contributed by atoms with Crippen LogP contribution in [0.25, 0.3) is 11.4 Å². The second kappa shape index (κ2) is 5.85. The van der Waals surface area contributed by atoms with Gasteiger partial charge in [-0.05, 0) is 19.2 Å².